The van der Waals surface area contributed by atoms with Crippen LogP contribution < -0.4 is 0 Å². The van der Waals surface area contributed by atoms with Crippen molar-refractivity contribution in [2.45, 2.75) is 51.4 Å². The molecule has 0 saturated heterocycles. The van der Waals surface area contributed by atoms with Crippen LogP contribution in [-0.4, -0.2) is 58.4 Å². The topological polar surface area (TPSA) is 54.1 Å². The van der Waals surface area contributed by atoms with Crippen LogP contribution in [0.1, 0.15) is 51.4 Å². The van der Waals surface area contributed by atoms with Crippen LogP contribution in [0.5, 0.6) is 0 Å². The van der Waals surface area contributed by atoms with Gasteiger partial charge in [0.15, 0.2) is 0 Å². The molecule has 0 aliphatic rings. The van der Waals surface area contributed by atoms with E-state index in [4.69, 9.17) is 10.5 Å². The summed E-state index contributed by atoms with van der Waals surface area (Å²) in [6.07, 6.45) is 11.3. The first-order valence-corrected chi connectivity index (χ1v) is 7.95. The van der Waals surface area contributed by atoms with Crippen LogP contribution >= 0.6 is 0 Å². The average molecular weight is 291 g/mol. The quantitative estimate of drug-likeness (QED) is 0.434. The molecule has 0 heterocycles. The number of nitrogens with zero attached hydrogens (tertiary/aromatic N) is 4. The van der Waals surface area contributed by atoms with Gasteiger partial charge in [-0.15, -0.1) is 0 Å². The van der Waals surface area contributed by atoms with Gasteiger partial charge < -0.3 is 9.80 Å². The molecule has 0 aliphatic carbocycles. The molecular weight excluding hydrogens is 259 g/mol. The van der Waals surface area contributed by atoms with Gasteiger partial charge in [0.1, 0.15) is 0 Å². The van der Waals surface area contributed by atoms with Crippen molar-refractivity contribution in [3.63, 3.8) is 0 Å². The lowest BCUT2D eigenvalue weighted by Crippen LogP contribution is -2.12. The Labute approximate surface area is 133 Å². The van der Waals surface area contributed by atoms with Gasteiger partial charge in [0.2, 0.25) is 0 Å². The molecule has 4 nitrogen and oxygen atoms in total. The fourth-order valence-corrected chi connectivity index (χ4v) is 1.95. The average Bonchev–Trinajstić information content (AvgIpc) is 2.42. The minimum atomic E-state index is 0.861. The summed E-state index contributed by atoms with van der Waals surface area (Å²) in [6.45, 7) is 2.51. The number of rotatable bonds is 11. The van der Waals surface area contributed by atoms with E-state index in [1.807, 2.05) is 0 Å². The summed E-state index contributed by atoms with van der Waals surface area (Å²) in [6, 6.07) is 0. The van der Waals surface area contributed by atoms with Gasteiger partial charge in [0.25, 0.3) is 0 Å². The summed E-state index contributed by atoms with van der Waals surface area (Å²) in [5.41, 5.74) is 0. The number of nitriles is 2. The second kappa shape index (κ2) is 19.0. The van der Waals surface area contributed by atoms with Gasteiger partial charge in [0.05, 0.1) is 0 Å². The van der Waals surface area contributed by atoms with Gasteiger partial charge in [-0.1, -0.05) is 38.5 Å². The normalized spacial score (nSPS) is 9.71. The van der Waals surface area contributed by atoms with Crippen molar-refractivity contribution in [3.8, 4) is 11.9 Å². The molecule has 0 aromatic rings. The van der Waals surface area contributed by atoms with Crippen molar-refractivity contribution in [1.29, 1.82) is 10.5 Å². The predicted octanol–water partition coefficient (Wildman–Crippen LogP) is 2.88. The zero-order valence-electron chi connectivity index (χ0n) is 14.4. The molecule has 0 atom stereocenters. The number of unbranched alkanes of at least 4 members (excludes halogenated alkanes) is 7. The Bertz CT molecular complexity index is 251. The highest BCUT2D eigenvalue weighted by molar-refractivity contribution is 6.53. The van der Waals surface area contributed by atoms with Crippen LogP contribution in [0.25, 0.3) is 0 Å². The molecule has 0 saturated carbocycles. The maximum Gasteiger partial charge on any atom is 0.390 e. The maximum absolute atomic E-state index is 7.54. The van der Waals surface area contributed by atoms with E-state index in [0.717, 1.165) is 7.28 Å². The largest absolute Gasteiger partial charge is 0.390 e. The highest BCUT2D eigenvalue weighted by Gasteiger charge is 1.94. The molecule has 5 heteroatoms. The molecule has 0 N–H and O–H groups in total. The first kappa shape index (κ1) is 22.2. The Morgan fingerprint density at radius 1 is 0.619 bits per heavy atom. The van der Waals surface area contributed by atoms with Crippen molar-refractivity contribution in [3.05, 3.63) is 0 Å². The lowest BCUT2D eigenvalue weighted by atomic mass is 9.85. The Morgan fingerprint density at radius 3 is 1.10 bits per heavy atom. The van der Waals surface area contributed by atoms with E-state index >= 15 is 0 Å². The maximum atomic E-state index is 7.54. The van der Waals surface area contributed by atoms with Crippen molar-refractivity contribution < 1.29 is 0 Å². The van der Waals surface area contributed by atoms with Crippen molar-refractivity contribution in [1.82, 2.24) is 9.80 Å². The van der Waals surface area contributed by atoms with Gasteiger partial charge in [-0.05, 0) is 54.1 Å². The molecular formula is C16H32BN4. The van der Waals surface area contributed by atoms with E-state index in [1.54, 1.807) is 0 Å². The first-order valence-electron chi connectivity index (χ1n) is 7.95. The van der Waals surface area contributed by atoms with Gasteiger partial charge >= 0.3 is 7.28 Å². The SMILES string of the molecule is CN(C)CCCCCCCCCCN(C)C.N#C[B]C#N. The van der Waals surface area contributed by atoms with Gasteiger partial charge in [-0.25, -0.2) is 10.5 Å². The summed E-state index contributed by atoms with van der Waals surface area (Å²) in [5.74, 6) is 3.06. The predicted molar refractivity (Wildman–Crippen MR) is 91.0 cm³/mol. The second-order valence-electron chi connectivity index (χ2n) is 5.84. The molecule has 0 unspecified atom stereocenters. The highest BCUT2D eigenvalue weighted by atomic mass is 15.0. The first-order chi connectivity index (χ1) is 10.0. The van der Waals surface area contributed by atoms with E-state index in [-0.39, 0.29) is 0 Å². The monoisotopic (exact) mass is 291 g/mol. The molecule has 0 aliphatic heterocycles. The van der Waals surface area contributed by atoms with E-state index in [2.05, 4.69) is 38.0 Å². The Hall–Kier alpha value is -1.04. The summed E-state index contributed by atoms with van der Waals surface area (Å²) in [7, 11) is 9.49. The lowest BCUT2D eigenvalue weighted by Gasteiger charge is -2.09. The molecule has 0 aromatic carbocycles. The van der Waals surface area contributed by atoms with Crippen LogP contribution in [0.3, 0.4) is 0 Å². The van der Waals surface area contributed by atoms with Gasteiger partial charge in [-0.3, -0.25) is 0 Å². The third-order valence-corrected chi connectivity index (χ3v) is 3.09. The summed E-state index contributed by atoms with van der Waals surface area (Å²) in [4.78, 5) is 4.56. The van der Waals surface area contributed by atoms with Crippen molar-refractivity contribution in [2.75, 3.05) is 41.3 Å². The zero-order chi connectivity index (χ0) is 16.3. The molecule has 0 bridgehead atoms. The van der Waals surface area contributed by atoms with Gasteiger partial charge in [0, 0.05) is 11.9 Å². The van der Waals surface area contributed by atoms with Crippen LogP contribution in [0, 0.1) is 22.5 Å². The van der Waals surface area contributed by atoms with E-state index in [9.17, 15) is 0 Å². The molecule has 0 fully saturated rings. The molecule has 1 radical (unpaired) electrons. The lowest BCUT2D eigenvalue weighted by molar-refractivity contribution is 0.384. The molecule has 0 rings (SSSR count). The number of hydrogen-bond acceptors (Lipinski definition) is 4. The summed E-state index contributed by atoms with van der Waals surface area (Å²) >= 11 is 0. The van der Waals surface area contributed by atoms with Crippen LogP contribution in [0.15, 0.2) is 0 Å². The fraction of sp³-hybridized carbons (Fsp3) is 0.875. The summed E-state index contributed by atoms with van der Waals surface area (Å²) < 4.78 is 0. The Morgan fingerprint density at radius 2 is 0.905 bits per heavy atom. The Balaban J connectivity index is 0. The minimum Gasteiger partial charge on any atom is -0.309 e. The second-order valence-corrected chi connectivity index (χ2v) is 5.84. The molecule has 21 heavy (non-hydrogen) atoms. The van der Waals surface area contributed by atoms with E-state index in [0.29, 0.717) is 0 Å². The van der Waals surface area contributed by atoms with Crippen LogP contribution in [0.4, 0.5) is 0 Å². The van der Waals surface area contributed by atoms with Crippen molar-refractivity contribution >= 4 is 7.28 Å². The van der Waals surface area contributed by atoms with Crippen LogP contribution in [-0.2, 0) is 0 Å². The molecule has 119 valence electrons. The van der Waals surface area contributed by atoms with Crippen LogP contribution in [0.2, 0.25) is 0 Å². The third-order valence-electron chi connectivity index (χ3n) is 3.09. The standard InChI is InChI=1S/C14H32N2.C2BN2/c1-15(2)13-11-9-7-5-6-8-10-12-14-16(3)4;4-1-3-2-5/h5-14H2,1-4H3;. The third kappa shape index (κ3) is 28.0. The zero-order valence-corrected chi connectivity index (χ0v) is 14.4. The van der Waals surface area contributed by atoms with E-state index in [1.165, 1.54) is 76.4 Å². The highest BCUT2D eigenvalue weighted by Crippen LogP contribution is 2.08. The number of hydrogen-bond donors (Lipinski definition) is 0. The van der Waals surface area contributed by atoms with Crippen molar-refractivity contribution in [2.24, 2.45) is 0 Å². The summed E-state index contributed by atoms with van der Waals surface area (Å²) in [5, 5.41) is 15.1. The minimum absolute atomic E-state index is 0.861. The molecule has 0 amide bonds. The fourth-order valence-electron chi connectivity index (χ4n) is 1.95. The molecule has 0 spiro atoms. The molecule has 0 aromatic heterocycles. The smallest absolute Gasteiger partial charge is 0.309 e. The Kier molecular flexibility index (Phi) is 20.1. The van der Waals surface area contributed by atoms with Gasteiger partial charge in [-0.2, -0.15) is 0 Å². The van der Waals surface area contributed by atoms with E-state index < -0.39 is 0 Å².